The molecule has 3 aromatic rings. The number of hydrogen-bond acceptors (Lipinski definition) is 2. The quantitative estimate of drug-likeness (QED) is 0.689. The molecule has 17 heavy (non-hydrogen) atoms. The molecule has 84 valence electrons. The molecule has 3 rings (SSSR count). The van der Waals surface area contributed by atoms with Crippen molar-refractivity contribution in [3.05, 3.63) is 48.5 Å². The largest absolute Gasteiger partial charge is 0.384 e. The van der Waals surface area contributed by atoms with Crippen LogP contribution in [0, 0.1) is 0 Å². The highest BCUT2D eigenvalue weighted by atomic mass is 15.3. The molecule has 0 fully saturated rings. The Balaban J connectivity index is 2.17. The van der Waals surface area contributed by atoms with E-state index in [2.05, 4.69) is 35.4 Å². The number of hydrogen-bond donors (Lipinski definition) is 1. The van der Waals surface area contributed by atoms with Crippen LogP contribution in [0.25, 0.3) is 22.0 Å². The van der Waals surface area contributed by atoms with E-state index in [4.69, 9.17) is 5.73 Å². The predicted molar refractivity (Wildman–Crippen MR) is 70.6 cm³/mol. The molecule has 0 amide bonds. The number of aryl methyl sites for hydroxylation is 1. The van der Waals surface area contributed by atoms with E-state index >= 15 is 0 Å². The summed E-state index contributed by atoms with van der Waals surface area (Å²) in [6.45, 7) is 0. The first-order valence-electron chi connectivity index (χ1n) is 5.53. The Morgan fingerprint density at radius 2 is 1.76 bits per heavy atom. The summed E-state index contributed by atoms with van der Waals surface area (Å²) in [5.41, 5.74) is 7.80. The van der Waals surface area contributed by atoms with Crippen molar-refractivity contribution in [2.45, 2.75) is 0 Å². The van der Waals surface area contributed by atoms with Crippen molar-refractivity contribution < 1.29 is 0 Å². The molecule has 0 radical (unpaired) electrons. The van der Waals surface area contributed by atoms with Gasteiger partial charge in [0.1, 0.15) is 5.82 Å². The van der Waals surface area contributed by atoms with Crippen molar-refractivity contribution in [1.29, 1.82) is 0 Å². The Morgan fingerprint density at radius 3 is 2.47 bits per heavy atom. The molecule has 0 aliphatic rings. The third-order valence-electron chi connectivity index (χ3n) is 2.96. The minimum Gasteiger partial charge on any atom is -0.384 e. The topological polar surface area (TPSA) is 43.8 Å². The van der Waals surface area contributed by atoms with Crippen LogP contribution in [0.15, 0.2) is 48.5 Å². The zero-order valence-corrected chi connectivity index (χ0v) is 9.59. The lowest BCUT2D eigenvalue weighted by molar-refractivity contribution is 0.782. The van der Waals surface area contributed by atoms with Crippen molar-refractivity contribution in [1.82, 2.24) is 9.78 Å². The lowest BCUT2D eigenvalue weighted by atomic mass is 10.1. The van der Waals surface area contributed by atoms with Gasteiger partial charge in [-0.15, -0.1) is 0 Å². The van der Waals surface area contributed by atoms with Gasteiger partial charge in [0, 0.05) is 18.7 Å². The maximum absolute atomic E-state index is 5.79. The molecule has 3 nitrogen and oxygen atoms in total. The summed E-state index contributed by atoms with van der Waals surface area (Å²) >= 11 is 0. The number of nitrogens with zero attached hydrogens (tertiary/aromatic N) is 2. The van der Waals surface area contributed by atoms with Gasteiger partial charge in [0.25, 0.3) is 0 Å². The summed E-state index contributed by atoms with van der Waals surface area (Å²) in [6.07, 6.45) is 0. The normalized spacial score (nSPS) is 10.9. The van der Waals surface area contributed by atoms with Gasteiger partial charge in [-0.3, -0.25) is 4.68 Å². The van der Waals surface area contributed by atoms with Crippen LogP contribution < -0.4 is 5.73 Å². The Hall–Kier alpha value is -2.29. The Bertz CT molecular complexity index is 663. The van der Waals surface area contributed by atoms with Crippen molar-refractivity contribution in [2.24, 2.45) is 7.05 Å². The number of fused-ring (bicyclic) bond motifs is 1. The maximum Gasteiger partial charge on any atom is 0.121 e. The van der Waals surface area contributed by atoms with E-state index < -0.39 is 0 Å². The fourth-order valence-corrected chi connectivity index (χ4v) is 1.97. The molecule has 0 aliphatic carbocycles. The first kappa shape index (κ1) is 9.90. The molecular formula is C14H13N3. The number of anilines is 1. The monoisotopic (exact) mass is 223 g/mol. The SMILES string of the molecule is Cn1nc(-c2ccc3ccccc3c2)cc1N. The second-order valence-electron chi connectivity index (χ2n) is 4.14. The summed E-state index contributed by atoms with van der Waals surface area (Å²) in [6, 6.07) is 16.5. The summed E-state index contributed by atoms with van der Waals surface area (Å²) in [7, 11) is 1.85. The second-order valence-corrected chi connectivity index (χ2v) is 4.14. The minimum atomic E-state index is 0.674. The predicted octanol–water partition coefficient (Wildman–Crippen LogP) is 2.82. The van der Waals surface area contributed by atoms with Crippen LogP contribution in [-0.2, 0) is 7.05 Å². The average Bonchev–Trinajstić information content (AvgIpc) is 2.69. The van der Waals surface area contributed by atoms with E-state index in [1.54, 1.807) is 4.68 Å². The fourth-order valence-electron chi connectivity index (χ4n) is 1.97. The van der Waals surface area contributed by atoms with Gasteiger partial charge in [0.05, 0.1) is 5.69 Å². The van der Waals surface area contributed by atoms with Gasteiger partial charge in [-0.25, -0.2) is 0 Å². The molecule has 0 spiro atoms. The molecular weight excluding hydrogens is 210 g/mol. The second kappa shape index (κ2) is 3.63. The summed E-state index contributed by atoms with van der Waals surface area (Å²) in [4.78, 5) is 0. The molecule has 0 unspecified atom stereocenters. The van der Waals surface area contributed by atoms with E-state index in [9.17, 15) is 0 Å². The van der Waals surface area contributed by atoms with Crippen LogP contribution in [0.5, 0.6) is 0 Å². The average molecular weight is 223 g/mol. The van der Waals surface area contributed by atoms with Gasteiger partial charge in [-0.2, -0.15) is 5.10 Å². The number of nitrogen functional groups attached to an aromatic ring is 1. The fraction of sp³-hybridized carbons (Fsp3) is 0.0714. The van der Waals surface area contributed by atoms with Gasteiger partial charge in [0.2, 0.25) is 0 Å². The molecule has 1 heterocycles. The number of aromatic nitrogens is 2. The van der Waals surface area contributed by atoms with E-state index in [0.29, 0.717) is 5.82 Å². The highest BCUT2D eigenvalue weighted by Crippen LogP contribution is 2.24. The van der Waals surface area contributed by atoms with Crippen molar-refractivity contribution in [3.63, 3.8) is 0 Å². The lowest BCUT2D eigenvalue weighted by Crippen LogP contribution is -1.96. The summed E-state index contributed by atoms with van der Waals surface area (Å²) in [5.74, 6) is 0.674. The van der Waals surface area contributed by atoms with Crippen molar-refractivity contribution in [3.8, 4) is 11.3 Å². The smallest absolute Gasteiger partial charge is 0.121 e. The first-order valence-corrected chi connectivity index (χ1v) is 5.53. The molecule has 2 aromatic carbocycles. The van der Waals surface area contributed by atoms with E-state index in [1.807, 2.05) is 25.2 Å². The Labute approximate surface area is 99.5 Å². The highest BCUT2D eigenvalue weighted by Gasteiger charge is 2.05. The van der Waals surface area contributed by atoms with Crippen LogP contribution in [0.3, 0.4) is 0 Å². The summed E-state index contributed by atoms with van der Waals surface area (Å²) in [5, 5.41) is 6.83. The van der Waals surface area contributed by atoms with Gasteiger partial charge in [-0.05, 0) is 16.8 Å². The lowest BCUT2D eigenvalue weighted by Gasteiger charge is -2.00. The first-order chi connectivity index (χ1) is 8.24. The van der Waals surface area contributed by atoms with Crippen LogP contribution in [-0.4, -0.2) is 9.78 Å². The molecule has 0 saturated heterocycles. The minimum absolute atomic E-state index is 0.674. The molecule has 0 atom stereocenters. The number of benzene rings is 2. The zero-order chi connectivity index (χ0) is 11.8. The third-order valence-corrected chi connectivity index (χ3v) is 2.96. The number of nitrogens with two attached hydrogens (primary N) is 1. The van der Waals surface area contributed by atoms with Gasteiger partial charge in [-0.1, -0.05) is 36.4 Å². The van der Waals surface area contributed by atoms with E-state index in [0.717, 1.165) is 11.3 Å². The highest BCUT2D eigenvalue weighted by molar-refractivity contribution is 5.86. The molecule has 0 aliphatic heterocycles. The van der Waals surface area contributed by atoms with Crippen molar-refractivity contribution >= 4 is 16.6 Å². The standard InChI is InChI=1S/C14H13N3/c1-17-14(15)9-13(16-17)12-7-6-10-4-2-3-5-11(10)8-12/h2-9H,15H2,1H3. The molecule has 3 heteroatoms. The molecule has 1 aromatic heterocycles. The molecule has 0 bridgehead atoms. The van der Waals surface area contributed by atoms with Crippen LogP contribution in [0.2, 0.25) is 0 Å². The molecule has 2 N–H and O–H groups in total. The van der Waals surface area contributed by atoms with Gasteiger partial charge >= 0.3 is 0 Å². The van der Waals surface area contributed by atoms with Crippen molar-refractivity contribution in [2.75, 3.05) is 5.73 Å². The van der Waals surface area contributed by atoms with Crippen LogP contribution in [0.1, 0.15) is 0 Å². The van der Waals surface area contributed by atoms with E-state index in [-0.39, 0.29) is 0 Å². The number of rotatable bonds is 1. The Morgan fingerprint density at radius 1 is 1.00 bits per heavy atom. The summed E-state index contributed by atoms with van der Waals surface area (Å²) < 4.78 is 1.69. The molecule has 0 saturated carbocycles. The Kier molecular flexibility index (Phi) is 2.11. The van der Waals surface area contributed by atoms with Gasteiger partial charge in [0.15, 0.2) is 0 Å². The van der Waals surface area contributed by atoms with E-state index in [1.165, 1.54) is 10.8 Å². The third kappa shape index (κ3) is 1.65. The van der Waals surface area contributed by atoms with Crippen LogP contribution >= 0.6 is 0 Å². The zero-order valence-electron chi connectivity index (χ0n) is 9.59. The van der Waals surface area contributed by atoms with Gasteiger partial charge < -0.3 is 5.73 Å². The maximum atomic E-state index is 5.79. The van der Waals surface area contributed by atoms with Crippen LogP contribution in [0.4, 0.5) is 5.82 Å².